The fourth-order valence-electron chi connectivity index (χ4n) is 3.05. The Bertz CT molecular complexity index is 474. The molecule has 0 bridgehead atoms. The number of benzene rings is 1. The van der Waals surface area contributed by atoms with Gasteiger partial charge in [-0.05, 0) is 43.7 Å². The number of thioether (sulfide) groups is 1. The summed E-state index contributed by atoms with van der Waals surface area (Å²) < 4.78 is 0. The zero-order chi connectivity index (χ0) is 15.4. The number of carbonyl (C=O) groups excluding carboxylic acids is 1. The lowest BCUT2D eigenvalue weighted by molar-refractivity contribution is -0.132. The molecule has 1 amide bonds. The molecule has 1 aromatic rings. The van der Waals surface area contributed by atoms with Crippen LogP contribution in [-0.2, 0) is 4.79 Å². The van der Waals surface area contributed by atoms with E-state index in [4.69, 9.17) is 0 Å². The van der Waals surface area contributed by atoms with Crippen molar-refractivity contribution < 1.29 is 4.79 Å². The van der Waals surface area contributed by atoms with Crippen molar-refractivity contribution in [2.24, 2.45) is 0 Å². The lowest BCUT2D eigenvalue weighted by Gasteiger charge is -2.32. The Morgan fingerprint density at radius 3 is 2.48 bits per heavy atom. The average molecular weight is 306 g/mol. The molecule has 0 spiro atoms. The van der Waals surface area contributed by atoms with E-state index in [-0.39, 0.29) is 18.1 Å². The van der Waals surface area contributed by atoms with Crippen LogP contribution < -0.4 is 5.32 Å². The van der Waals surface area contributed by atoms with Crippen molar-refractivity contribution in [3.05, 3.63) is 29.8 Å². The van der Waals surface area contributed by atoms with Gasteiger partial charge in [0.25, 0.3) is 0 Å². The van der Waals surface area contributed by atoms with Crippen LogP contribution in [0.25, 0.3) is 0 Å². The quantitative estimate of drug-likeness (QED) is 0.811. The van der Waals surface area contributed by atoms with Crippen LogP contribution in [0.3, 0.4) is 0 Å². The van der Waals surface area contributed by atoms with Crippen molar-refractivity contribution in [1.82, 2.24) is 10.2 Å². The van der Waals surface area contributed by atoms with Gasteiger partial charge in [0.05, 0.1) is 6.04 Å². The molecular weight excluding hydrogens is 280 g/mol. The van der Waals surface area contributed by atoms with E-state index in [9.17, 15) is 4.79 Å². The highest BCUT2D eigenvalue weighted by atomic mass is 32.2. The highest BCUT2D eigenvalue weighted by Crippen LogP contribution is 2.31. The summed E-state index contributed by atoms with van der Waals surface area (Å²) in [5.74, 6) is 0.231. The molecule has 0 saturated carbocycles. The molecule has 1 N–H and O–H groups in total. The van der Waals surface area contributed by atoms with Gasteiger partial charge in [0, 0.05) is 10.9 Å². The zero-order valence-corrected chi connectivity index (χ0v) is 14.2. The van der Waals surface area contributed by atoms with Crippen molar-refractivity contribution in [2.45, 2.75) is 63.2 Å². The van der Waals surface area contributed by atoms with E-state index in [0.29, 0.717) is 6.04 Å². The maximum atomic E-state index is 12.5. The fraction of sp³-hybridized carbons (Fsp3) is 0.588. The fourth-order valence-corrected chi connectivity index (χ4v) is 3.45. The SMILES string of the molecule is CCCC(CC)N1C(=O)C(C)NC1c1ccc(SC)cc1. The van der Waals surface area contributed by atoms with E-state index < -0.39 is 0 Å². The molecule has 3 unspecified atom stereocenters. The highest BCUT2D eigenvalue weighted by molar-refractivity contribution is 7.98. The standard InChI is InChI=1S/C17H26N2OS/c1-5-7-14(6-2)19-16(18-12(3)17(19)20)13-8-10-15(21-4)11-9-13/h8-12,14,16,18H,5-7H2,1-4H3. The molecular formula is C17H26N2OS. The van der Waals surface area contributed by atoms with Gasteiger partial charge in [-0.3, -0.25) is 10.1 Å². The number of nitrogens with zero attached hydrogens (tertiary/aromatic N) is 1. The number of hydrogen-bond donors (Lipinski definition) is 1. The monoisotopic (exact) mass is 306 g/mol. The molecule has 0 radical (unpaired) electrons. The minimum absolute atomic E-state index is 0.0138. The summed E-state index contributed by atoms with van der Waals surface area (Å²) in [5, 5.41) is 3.45. The van der Waals surface area contributed by atoms with Gasteiger partial charge >= 0.3 is 0 Å². The second-order valence-electron chi connectivity index (χ2n) is 5.66. The molecule has 1 heterocycles. The third-order valence-electron chi connectivity index (χ3n) is 4.23. The van der Waals surface area contributed by atoms with E-state index >= 15 is 0 Å². The first-order chi connectivity index (χ1) is 10.1. The average Bonchev–Trinajstić information content (AvgIpc) is 2.81. The van der Waals surface area contributed by atoms with Crippen LogP contribution in [0.2, 0.25) is 0 Å². The largest absolute Gasteiger partial charge is 0.319 e. The Balaban J connectivity index is 2.27. The van der Waals surface area contributed by atoms with Gasteiger partial charge in [0.1, 0.15) is 6.17 Å². The second kappa shape index (κ2) is 7.32. The second-order valence-corrected chi connectivity index (χ2v) is 6.54. The summed E-state index contributed by atoms with van der Waals surface area (Å²) >= 11 is 1.74. The Morgan fingerprint density at radius 1 is 1.29 bits per heavy atom. The van der Waals surface area contributed by atoms with Crippen LogP contribution in [0, 0.1) is 0 Å². The molecule has 4 heteroatoms. The summed E-state index contributed by atoms with van der Waals surface area (Å²) in [6.45, 7) is 6.32. The first-order valence-corrected chi connectivity index (χ1v) is 9.07. The summed E-state index contributed by atoms with van der Waals surface area (Å²) in [4.78, 5) is 15.9. The summed E-state index contributed by atoms with van der Waals surface area (Å²) in [7, 11) is 0. The number of hydrogen-bond acceptors (Lipinski definition) is 3. The van der Waals surface area contributed by atoms with Crippen LogP contribution in [0.5, 0.6) is 0 Å². The van der Waals surface area contributed by atoms with Gasteiger partial charge in [0.2, 0.25) is 5.91 Å². The van der Waals surface area contributed by atoms with Gasteiger partial charge in [-0.25, -0.2) is 0 Å². The Hall–Kier alpha value is -1.00. The van der Waals surface area contributed by atoms with Crippen molar-refractivity contribution in [3.63, 3.8) is 0 Å². The predicted octanol–water partition coefficient (Wildman–Crippen LogP) is 3.81. The predicted molar refractivity (Wildman–Crippen MR) is 89.4 cm³/mol. The Kier molecular flexibility index (Phi) is 5.71. The zero-order valence-electron chi connectivity index (χ0n) is 13.4. The number of rotatable bonds is 6. The van der Waals surface area contributed by atoms with Gasteiger partial charge in [0.15, 0.2) is 0 Å². The first kappa shape index (κ1) is 16.4. The third-order valence-corrected chi connectivity index (χ3v) is 4.97. The third kappa shape index (κ3) is 3.43. The normalized spacial score (nSPS) is 23.6. The van der Waals surface area contributed by atoms with Gasteiger partial charge in [-0.2, -0.15) is 0 Å². The van der Waals surface area contributed by atoms with E-state index in [0.717, 1.165) is 19.3 Å². The van der Waals surface area contributed by atoms with Crippen LogP contribution >= 0.6 is 11.8 Å². The molecule has 1 fully saturated rings. The molecule has 0 aliphatic carbocycles. The van der Waals surface area contributed by atoms with Crippen LogP contribution in [-0.4, -0.2) is 29.1 Å². The van der Waals surface area contributed by atoms with Crippen LogP contribution in [0.15, 0.2) is 29.2 Å². The van der Waals surface area contributed by atoms with Crippen LogP contribution in [0.1, 0.15) is 51.8 Å². The molecule has 1 aliphatic heterocycles. The van der Waals surface area contributed by atoms with Crippen LogP contribution in [0.4, 0.5) is 0 Å². The minimum Gasteiger partial charge on any atom is -0.319 e. The Labute approximate surface area is 132 Å². The van der Waals surface area contributed by atoms with Gasteiger partial charge in [-0.15, -0.1) is 11.8 Å². The van der Waals surface area contributed by atoms with E-state index in [1.165, 1.54) is 10.5 Å². The summed E-state index contributed by atoms with van der Waals surface area (Å²) in [6.07, 6.45) is 5.27. The smallest absolute Gasteiger partial charge is 0.241 e. The maximum Gasteiger partial charge on any atom is 0.241 e. The molecule has 3 nitrogen and oxygen atoms in total. The van der Waals surface area contributed by atoms with Gasteiger partial charge < -0.3 is 4.90 Å². The number of carbonyl (C=O) groups is 1. The number of nitrogens with one attached hydrogen (secondary N) is 1. The lowest BCUT2D eigenvalue weighted by atomic mass is 10.0. The highest BCUT2D eigenvalue weighted by Gasteiger charge is 2.40. The minimum atomic E-state index is -0.0962. The molecule has 21 heavy (non-hydrogen) atoms. The topological polar surface area (TPSA) is 32.3 Å². The van der Waals surface area contributed by atoms with Crippen molar-refractivity contribution in [2.75, 3.05) is 6.26 Å². The van der Waals surface area contributed by atoms with E-state index in [1.54, 1.807) is 11.8 Å². The van der Waals surface area contributed by atoms with Crippen molar-refractivity contribution >= 4 is 17.7 Å². The van der Waals surface area contributed by atoms with E-state index in [1.807, 2.05) is 6.92 Å². The van der Waals surface area contributed by atoms with Crippen molar-refractivity contribution in [3.8, 4) is 0 Å². The lowest BCUT2D eigenvalue weighted by Crippen LogP contribution is -2.39. The molecule has 1 aromatic carbocycles. The summed E-state index contributed by atoms with van der Waals surface area (Å²) in [5.41, 5.74) is 1.18. The van der Waals surface area contributed by atoms with Crippen molar-refractivity contribution in [1.29, 1.82) is 0 Å². The molecule has 2 rings (SSSR count). The molecule has 1 aliphatic rings. The molecule has 116 valence electrons. The van der Waals surface area contributed by atoms with E-state index in [2.05, 4.69) is 54.6 Å². The Morgan fingerprint density at radius 2 is 1.95 bits per heavy atom. The number of amides is 1. The van der Waals surface area contributed by atoms with Gasteiger partial charge in [-0.1, -0.05) is 32.4 Å². The molecule has 0 aromatic heterocycles. The maximum absolute atomic E-state index is 12.5. The first-order valence-electron chi connectivity index (χ1n) is 7.84. The summed E-state index contributed by atoms with van der Waals surface area (Å²) in [6, 6.07) is 8.77. The molecule has 3 atom stereocenters. The molecule has 1 saturated heterocycles.